The van der Waals surface area contributed by atoms with Crippen LogP contribution in [0.5, 0.6) is 0 Å². The molecule has 2 heterocycles. The second-order valence-corrected chi connectivity index (χ2v) is 7.53. The minimum Gasteiger partial charge on any atom is -0.353 e. The van der Waals surface area contributed by atoms with Gasteiger partial charge in [0.05, 0.1) is 0 Å². The van der Waals surface area contributed by atoms with Gasteiger partial charge in [-0.15, -0.1) is 0 Å². The summed E-state index contributed by atoms with van der Waals surface area (Å²) < 4.78 is 0. The molecule has 2 aromatic rings. The number of urea groups is 1. The minimum atomic E-state index is -0.192. The van der Waals surface area contributed by atoms with Crippen molar-refractivity contribution in [2.45, 2.75) is 6.54 Å². The van der Waals surface area contributed by atoms with E-state index < -0.39 is 0 Å². The van der Waals surface area contributed by atoms with E-state index in [9.17, 15) is 4.79 Å². The van der Waals surface area contributed by atoms with Gasteiger partial charge in [-0.25, -0.2) is 14.8 Å². The Morgan fingerprint density at radius 3 is 2.70 bits per heavy atom. The molecule has 0 spiro atoms. The molecule has 2 amide bonds. The maximum atomic E-state index is 11.3. The molecule has 1 aromatic carbocycles. The van der Waals surface area contributed by atoms with Gasteiger partial charge < -0.3 is 16.0 Å². The number of hydrogen-bond acceptors (Lipinski definition) is 6. The number of amides is 2. The number of rotatable bonds is 7. The quantitative estimate of drug-likeness (QED) is 0.676. The summed E-state index contributed by atoms with van der Waals surface area (Å²) in [6.45, 7) is 4.67. The zero-order valence-electron chi connectivity index (χ0n) is 15.6. The molecule has 1 aromatic heterocycles. The van der Waals surface area contributed by atoms with E-state index in [1.165, 1.54) is 11.5 Å². The van der Waals surface area contributed by atoms with Gasteiger partial charge >= 0.3 is 6.03 Å². The van der Waals surface area contributed by atoms with Gasteiger partial charge in [0.2, 0.25) is 5.95 Å². The van der Waals surface area contributed by atoms with Crippen LogP contribution in [0.25, 0.3) is 11.1 Å². The number of benzene rings is 1. The average Bonchev–Trinajstić information content (AvgIpc) is 2.73. The van der Waals surface area contributed by atoms with Crippen LogP contribution >= 0.6 is 11.8 Å². The summed E-state index contributed by atoms with van der Waals surface area (Å²) in [7, 11) is 1.60. The Hall–Kier alpha value is -2.32. The van der Waals surface area contributed by atoms with Crippen LogP contribution in [0.3, 0.4) is 0 Å². The van der Waals surface area contributed by atoms with Crippen LogP contribution in [0.15, 0.2) is 36.7 Å². The molecular formula is C19H26N6OS. The van der Waals surface area contributed by atoms with Gasteiger partial charge in [-0.1, -0.05) is 18.2 Å². The van der Waals surface area contributed by atoms with Gasteiger partial charge in [-0.2, -0.15) is 11.8 Å². The number of nitrogens with one attached hydrogen (secondary N) is 3. The van der Waals surface area contributed by atoms with E-state index in [1.807, 2.05) is 48.4 Å². The maximum Gasteiger partial charge on any atom is 0.314 e. The van der Waals surface area contributed by atoms with Gasteiger partial charge in [0.15, 0.2) is 0 Å². The normalized spacial score (nSPS) is 14.6. The van der Waals surface area contributed by atoms with E-state index in [-0.39, 0.29) is 6.03 Å². The molecule has 0 saturated carbocycles. The van der Waals surface area contributed by atoms with E-state index in [2.05, 4.69) is 30.8 Å². The first kappa shape index (κ1) is 19.4. The second-order valence-electron chi connectivity index (χ2n) is 6.31. The van der Waals surface area contributed by atoms with E-state index >= 15 is 0 Å². The first-order valence-electron chi connectivity index (χ1n) is 9.15. The van der Waals surface area contributed by atoms with Crippen LogP contribution in [0, 0.1) is 0 Å². The van der Waals surface area contributed by atoms with Crippen molar-refractivity contribution in [1.29, 1.82) is 0 Å². The minimum absolute atomic E-state index is 0.192. The Morgan fingerprint density at radius 2 is 1.96 bits per heavy atom. The first-order valence-corrected chi connectivity index (χ1v) is 10.3. The lowest BCUT2D eigenvalue weighted by molar-refractivity contribution is 0.242. The molecule has 8 heteroatoms. The van der Waals surface area contributed by atoms with Crippen molar-refractivity contribution in [3.05, 3.63) is 42.2 Å². The number of aromatic nitrogens is 2. The molecule has 1 aliphatic heterocycles. The van der Waals surface area contributed by atoms with Crippen LogP contribution < -0.4 is 16.0 Å². The van der Waals surface area contributed by atoms with E-state index in [0.717, 1.165) is 42.9 Å². The lowest BCUT2D eigenvalue weighted by atomic mass is 10.1. The zero-order chi connectivity index (χ0) is 18.9. The molecule has 0 atom stereocenters. The summed E-state index contributed by atoms with van der Waals surface area (Å²) in [6, 6.07) is 7.82. The number of hydrogen-bond donors (Lipinski definition) is 3. The smallest absolute Gasteiger partial charge is 0.314 e. The summed E-state index contributed by atoms with van der Waals surface area (Å²) >= 11 is 2.02. The number of thioether (sulfide) groups is 1. The molecule has 3 rings (SSSR count). The van der Waals surface area contributed by atoms with Crippen molar-refractivity contribution in [1.82, 2.24) is 25.5 Å². The zero-order valence-corrected chi connectivity index (χ0v) is 16.4. The Kier molecular flexibility index (Phi) is 7.29. The fourth-order valence-corrected chi connectivity index (χ4v) is 3.83. The van der Waals surface area contributed by atoms with E-state index in [0.29, 0.717) is 12.5 Å². The van der Waals surface area contributed by atoms with E-state index in [1.54, 1.807) is 7.05 Å². The van der Waals surface area contributed by atoms with Crippen LogP contribution in [-0.4, -0.2) is 65.6 Å². The highest BCUT2D eigenvalue weighted by molar-refractivity contribution is 7.99. The molecule has 144 valence electrons. The van der Waals surface area contributed by atoms with Crippen molar-refractivity contribution < 1.29 is 4.79 Å². The Balaban J connectivity index is 1.52. The number of carbonyl (C=O) groups excluding carboxylic acids is 1. The molecule has 27 heavy (non-hydrogen) atoms. The van der Waals surface area contributed by atoms with E-state index in [4.69, 9.17) is 0 Å². The van der Waals surface area contributed by atoms with Gasteiger partial charge in [0, 0.05) is 69.2 Å². The van der Waals surface area contributed by atoms with Crippen molar-refractivity contribution in [3.63, 3.8) is 0 Å². The lowest BCUT2D eigenvalue weighted by Gasteiger charge is -2.25. The highest BCUT2D eigenvalue weighted by atomic mass is 32.2. The summed E-state index contributed by atoms with van der Waals surface area (Å²) in [5, 5.41) is 8.63. The largest absolute Gasteiger partial charge is 0.353 e. The summed E-state index contributed by atoms with van der Waals surface area (Å²) in [6.07, 6.45) is 3.66. The van der Waals surface area contributed by atoms with Crippen LogP contribution in [0.2, 0.25) is 0 Å². The van der Waals surface area contributed by atoms with Crippen molar-refractivity contribution >= 4 is 23.7 Å². The third kappa shape index (κ3) is 6.11. The highest BCUT2D eigenvalue weighted by Crippen LogP contribution is 2.19. The third-order valence-electron chi connectivity index (χ3n) is 4.41. The standard InChI is InChI=1S/C19H26N6OS/c1-20-19(26)24-12-15-3-2-4-16(11-15)17-13-22-18(23-14-17)21-5-6-25-7-9-27-10-8-25/h2-4,11,13-14H,5-10,12H2,1H3,(H2,20,24,26)(H,21,22,23). The number of anilines is 1. The van der Waals surface area contributed by atoms with Gasteiger partial charge in [0.1, 0.15) is 0 Å². The summed E-state index contributed by atoms with van der Waals surface area (Å²) in [4.78, 5) is 22.6. The molecule has 1 aliphatic rings. The second kappa shape index (κ2) is 10.1. The predicted octanol–water partition coefficient (Wildman–Crippen LogP) is 2.03. The van der Waals surface area contributed by atoms with Crippen LogP contribution in [0.4, 0.5) is 10.7 Å². The molecule has 0 radical (unpaired) electrons. The topological polar surface area (TPSA) is 82.2 Å². The fraction of sp³-hybridized carbons (Fsp3) is 0.421. The summed E-state index contributed by atoms with van der Waals surface area (Å²) in [5.74, 6) is 3.11. The highest BCUT2D eigenvalue weighted by Gasteiger charge is 2.09. The molecule has 7 nitrogen and oxygen atoms in total. The van der Waals surface area contributed by atoms with Crippen LogP contribution in [0.1, 0.15) is 5.56 Å². The molecule has 1 fully saturated rings. The SMILES string of the molecule is CNC(=O)NCc1cccc(-c2cnc(NCCN3CCSCC3)nc2)c1. The van der Waals surface area contributed by atoms with Crippen molar-refractivity contribution in [3.8, 4) is 11.1 Å². The number of nitrogens with zero attached hydrogens (tertiary/aromatic N) is 3. The molecule has 0 unspecified atom stereocenters. The molecule has 0 bridgehead atoms. The third-order valence-corrected chi connectivity index (χ3v) is 5.35. The first-order chi connectivity index (χ1) is 13.2. The Bertz CT molecular complexity index is 733. The lowest BCUT2D eigenvalue weighted by Crippen LogP contribution is -2.36. The van der Waals surface area contributed by atoms with Gasteiger partial charge in [-0.05, 0) is 17.2 Å². The number of carbonyl (C=O) groups is 1. The van der Waals surface area contributed by atoms with Gasteiger partial charge in [0.25, 0.3) is 0 Å². The molecule has 1 saturated heterocycles. The monoisotopic (exact) mass is 386 g/mol. The molecular weight excluding hydrogens is 360 g/mol. The molecule has 0 aliphatic carbocycles. The van der Waals surface area contributed by atoms with Crippen molar-refractivity contribution in [2.24, 2.45) is 0 Å². The molecule has 3 N–H and O–H groups in total. The maximum absolute atomic E-state index is 11.3. The fourth-order valence-electron chi connectivity index (χ4n) is 2.85. The average molecular weight is 387 g/mol. The Morgan fingerprint density at radius 1 is 1.19 bits per heavy atom. The van der Waals surface area contributed by atoms with Gasteiger partial charge in [-0.3, -0.25) is 4.90 Å². The predicted molar refractivity (Wildman–Crippen MR) is 111 cm³/mol. The summed E-state index contributed by atoms with van der Waals surface area (Å²) in [5.41, 5.74) is 3.01. The van der Waals surface area contributed by atoms with Crippen LogP contribution in [-0.2, 0) is 6.54 Å². The van der Waals surface area contributed by atoms with Crippen molar-refractivity contribution in [2.75, 3.05) is 50.0 Å². The Labute approximate surface area is 164 Å².